The van der Waals surface area contributed by atoms with Gasteiger partial charge in [0.1, 0.15) is 6.10 Å². The lowest BCUT2D eigenvalue weighted by Gasteiger charge is -2.35. The molecule has 1 aliphatic carbocycles. The van der Waals surface area contributed by atoms with Crippen molar-refractivity contribution in [2.75, 3.05) is 0 Å². The van der Waals surface area contributed by atoms with E-state index < -0.39 is 0 Å². The zero-order valence-electron chi connectivity index (χ0n) is 12.0. The van der Waals surface area contributed by atoms with E-state index in [1.807, 2.05) is 19.1 Å². The molecule has 18 heavy (non-hydrogen) atoms. The molecule has 3 heteroatoms. The zero-order chi connectivity index (χ0) is 13.9. The molecule has 1 aliphatic rings. The van der Waals surface area contributed by atoms with E-state index in [9.17, 15) is 9.90 Å². The summed E-state index contributed by atoms with van der Waals surface area (Å²) in [5.74, 6) is -0.267. The van der Waals surface area contributed by atoms with Crippen molar-refractivity contribution in [1.29, 1.82) is 0 Å². The molecule has 0 amide bonds. The Morgan fingerprint density at radius 2 is 2.17 bits per heavy atom. The van der Waals surface area contributed by atoms with Crippen LogP contribution < -0.4 is 0 Å². The van der Waals surface area contributed by atoms with Gasteiger partial charge in [0, 0.05) is 6.92 Å². The van der Waals surface area contributed by atoms with Crippen molar-refractivity contribution >= 4 is 5.97 Å². The second kappa shape index (κ2) is 5.70. The third-order valence-electron chi connectivity index (χ3n) is 3.36. The van der Waals surface area contributed by atoms with E-state index in [2.05, 4.69) is 20.8 Å². The van der Waals surface area contributed by atoms with Gasteiger partial charge < -0.3 is 9.84 Å². The molecule has 0 spiro atoms. The largest absolute Gasteiger partial charge is 0.459 e. The second-order valence-electron chi connectivity index (χ2n) is 5.81. The lowest BCUT2D eigenvalue weighted by molar-refractivity contribution is -0.143. The van der Waals surface area contributed by atoms with Crippen LogP contribution in [-0.2, 0) is 9.53 Å². The molecule has 0 fully saturated rings. The van der Waals surface area contributed by atoms with Crippen molar-refractivity contribution < 1.29 is 14.6 Å². The molecule has 2 atom stereocenters. The average molecular weight is 252 g/mol. The topological polar surface area (TPSA) is 46.5 Å². The van der Waals surface area contributed by atoms with Gasteiger partial charge in [-0.3, -0.25) is 4.79 Å². The van der Waals surface area contributed by atoms with Crippen LogP contribution in [0.1, 0.15) is 47.5 Å². The first-order valence-corrected chi connectivity index (χ1v) is 6.46. The van der Waals surface area contributed by atoms with E-state index in [4.69, 9.17) is 4.74 Å². The van der Waals surface area contributed by atoms with Crippen molar-refractivity contribution in [1.82, 2.24) is 0 Å². The van der Waals surface area contributed by atoms with Crippen LogP contribution in [-0.4, -0.2) is 23.3 Å². The average Bonchev–Trinajstić information content (AvgIpc) is 2.12. The minimum absolute atomic E-state index is 0.0335. The molecule has 0 saturated carbocycles. The van der Waals surface area contributed by atoms with E-state index in [-0.39, 0.29) is 23.6 Å². The Hall–Kier alpha value is -1.09. The monoisotopic (exact) mass is 252 g/mol. The summed E-state index contributed by atoms with van der Waals surface area (Å²) in [6.07, 6.45) is 4.97. The SMILES string of the molecule is CC(=O)OC(C)/C=C/C1=C(C)CC(O)CC1(C)C. The highest BCUT2D eigenvalue weighted by atomic mass is 16.5. The van der Waals surface area contributed by atoms with Gasteiger partial charge in [-0.25, -0.2) is 0 Å². The van der Waals surface area contributed by atoms with E-state index in [0.29, 0.717) is 0 Å². The predicted octanol–water partition coefficient (Wildman–Crippen LogP) is 2.99. The third-order valence-corrected chi connectivity index (χ3v) is 3.36. The highest BCUT2D eigenvalue weighted by molar-refractivity contribution is 5.66. The summed E-state index contributed by atoms with van der Waals surface area (Å²) in [4.78, 5) is 10.8. The van der Waals surface area contributed by atoms with Crippen molar-refractivity contribution in [2.45, 2.75) is 59.7 Å². The minimum Gasteiger partial charge on any atom is -0.459 e. The molecule has 0 aromatic rings. The maximum absolute atomic E-state index is 10.8. The van der Waals surface area contributed by atoms with Gasteiger partial charge in [0.05, 0.1) is 6.10 Å². The number of rotatable bonds is 3. The normalized spacial score (nSPS) is 25.3. The smallest absolute Gasteiger partial charge is 0.303 e. The summed E-state index contributed by atoms with van der Waals surface area (Å²) in [6, 6.07) is 0. The van der Waals surface area contributed by atoms with Crippen molar-refractivity contribution in [2.24, 2.45) is 5.41 Å². The van der Waals surface area contributed by atoms with Gasteiger partial charge >= 0.3 is 5.97 Å². The summed E-state index contributed by atoms with van der Waals surface area (Å²) in [5.41, 5.74) is 2.42. The van der Waals surface area contributed by atoms with Gasteiger partial charge in [-0.05, 0) is 43.8 Å². The maximum atomic E-state index is 10.8. The Labute approximate surface area is 110 Å². The van der Waals surface area contributed by atoms with Crippen LogP contribution in [0.3, 0.4) is 0 Å². The third kappa shape index (κ3) is 3.98. The fourth-order valence-corrected chi connectivity index (χ4v) is 2.71. The van der Waals surface area contributed by atoms with Crippen LogP contribution in [0, 0.1) is 5.41 Å². The second-order valence-corrected chi connectivity index (χ2v) is 5.81. The summed E-state index contributed by atoms with van der Waals surface area (Å²) < 4.78 is 5.07. The lowest BCUT2D eigenvalue weighted by Crippen LogP contribution is -2.28. The van der Waals surface area contributed by atoms with Crippen LogP contribution in [0.15, 0.2) is 23.3 Å². The van der Waals surface area contributed by atoms with Crippen molar-refractivity contribution in [3.8, 4) is 0 Å². The molecule has 1 rings (SSSR count). The first kappa shape index (κ1) is 15.0. The summed E-state index contributed by atoms with van der Waals surface area (Å²) in [6.45, 7) is 9.58. The Morgan fingerprint density at radius 3 is 2.67 bits per heavy atom. The molecule has 3 nitrogen and oxygen atoms in total. The van der Waals surface area contributed by atoms with Gasteiger partial charge in [0.2, 0.25) is 0 Å². The van der Waals surface area contributed by atoms with Gasteiger partial charge in [-0.2, -0.15) is 0 Å². The highest BCUT2D eigenvalue weighted by Crippen LogP contribution is 2.40. The molecule has 102 valence electrons. The number of hydrogen-bond acceptors (Lipinski definition) is 3. The maximum Gasteiger partial charge on any atom is 0.303 e. The zero-order valence-corrected chi connectivity index (χ0v) is 12.0. The van der Waals surface area contributed by atoms with Crippen LogP contribution in [0.25, 0.3) is 0 Å². The highest BCUT2D eigenvalue weighted by Gasteiger charge is 2.31. The molecule has 0 heterocycles. The summed E-state index contributed by atoms with van der Waals surface area (Å²) >= 11 is 0. The van der Waals surface area contributed by atoms with Gasteiger partial charge in [0.15, 0.2) is 0 Å². The number of allylic oxidation sites excluding steroid dienone is 2. The number of hydrogen-bond donors (Lipinski definition) is 1. The molecule has 0 radical (unpaired) electrons. The fourth-order valence-electron chi connectivity index (χ4n) is 2.71. The van der Waals surface area contributed by atoms with Gasteiger partial charge in [-0.1, -0.05) is 25.5 Å². The van der Waals surface area contributed by atoms with Crippen molar-refractivity contribution in [3.05, 3.63) is 23.3 Å². The molecular formula is C15H24O3. The molecule has 0 aliphatic heterocycles. The number of carbonyl (C=O) groups excluding carboxylic acids is 1. The van der Waals surface area contributed by atoms with Crippen LogP contribution >= 0.6 is 0 Å². The molecule has 2 unspecified atom stereocenters. The first-order valence-electron chi connectivity index (χ1n) is 6.46. The minimum atomic E-state index is -0.267. The predicted molar refractivity (Wildman–Crippen MR) is 72.1 cm³/mol. The number of esters is 1. The molecule has 0 aromatic carbocycles. The number of aliphatic hydroxyl groups is 1. The van der Waals surface area contributed by atoms with E-state index in [1.165, 1.54) is 18.1 Å². The Morgan fingerprint density at radius 1 is 1.56 bits per heavy atom. The Kier molecular flexibility index (Phi) is 4.74. The van der Waals surface area contributed by atoms with Crippen LogP contribution in [0.4, 0.5) is 0 Å². The molecule has 0 saturated heterocycles. The molecule has 1 N–H and O–H groups in total. The molecular weight excluding hydrogens is 228 g/mol. The summed E-state index contributed by atoms with van der Waals surface area (Å²) in [7, 11) is 0. The Bertz CT molecular complexity index is 377. The summed E-state index contributed by atoms with van der Waals surface area (Å²) in [5, 5.41) is 9.80. The van der Waals surface area contributed by atoms with Crippen molar-refractivity contribution in [3.63, 3.8) is 0 Å². The standard InChI is InChI=1S/C15H24O3/c1-10-8-13(17)9-15(4,5)14(10)7-6-11(2)18-12(3)16/h6-7,11,13,17H,8-9H2,1-5H3/b7-6+. The van der Waals surface area contributed by atoms with Gasteiger partial charge in [-0.15, -0.1) is 0 Å². The van der Waals surface area contributed by atoms with E-state index in [1.54, 1.807) is 0 Å². The van der Waals surface area contributed by atoms with E-state index >= 15 is 0 Å². The van der Waals surface area contributed by atoms with Crippen LogP contribution in [0.5, 0.6) is 0 Å². The first-order chi connectivity index (χ1) is 8.22. The molecule has 0 aromatic heterocycles. The van der Waals surface area contributed by atoms with Gasteiger partial charge in [0.25, 0.3) is 0 Å². The Balaban J connectivity index is 2.84. The number of carbonyl (C=O) groups is 1. The molecule has 0 bridgehead atoms. The lowest BCUT2D eigenvalue weighted by atomic mass is 9.71. The number of ether oxygens (including phenoxy) is 1. The van der Waals surface area contributed by atoms with E-state index in [0.717, 1.165) is 12.8 Å². The quantitative estimate of drug-likeness (QED) is 0.785. The van der Waals surface area contributed by atoms with Crippen LogP contribution in [0.2, 0.25) is 0 Å². The number of aliphatic hydroxyl groups excluding tert-OH is 1. The fraction of sp³-hybridized carbons (Fsp3) is 0.667.